The van der Waals surface area contributed by atoms with E-state index in [2.05, 4.69) is 11.4 Å². The number of nitrogens with one attached hydrogen (secondary N) is 1. The number of amides is 1. The van der Waals surface area contributed by atoms with Gasteiger partial charge in [0.1, 0.15) is 10.8 Å². The number of morpholine rings is 1. The van der Waals surface area contributed by atoms with E-state index in [9.17, 15) is 13.2 Å². The second-order valence-corrected chi connectivity index (χ2v) is 11.4. The zero-order chi connectivity index (χ0) is 23.5. The van der Waals surface area contributed by atoms with E-state index >= 15 is 0 Å². The zero-order valence-electron chi connectivity index (χ0n) is 18.5. The highest BCUT2D eigenvalue weighted by Gasteiger charge is 2.27. The van der Waals surface area contributed by atoms with Crippen LogP contribution in [0.5, 0.6) is 0 Å². The molecule has 4 aromatic rings. The number of hydrogen-bond acceptors (Lipinski definition) is 5. The van der Waals surface area contributed by atoms with Crippen LogP contribution in [0.25, 0.3) is 22.2 Å². The maximum Gasteiger partial charge on any atom is 0.252 e. The lowest BCUT2D eigenvalue weighted by Gasteiger charge is -2.25. The molecular weight excluding hydrogens is 470 g/mol. The molecule has 176 valence electrons. The first-order valence-corrected chi connectivity index (χ1v) is 13.3. The minimum absolute atomic E-state index is 0.135. The number of para-hydroxylation sites is 1. The summed E-state index contributed by atoms with van der Waals surface area (Å²) in [5, 5.41) is 4.02. The number of nitrogens with zero attached hydrogens (tertiary/aromatic N) is 2. The number of carbonyl (C=O) groups excluding carboxylic acids is 1. The largest absolute Gasteiger partial charge is 0.379 e. The fourth-order valence-electron chi connectivity index (χ4n) is 4.12. The number of thiophene rings is 1. The van der Waals surface area contributed by atoms with E-state index < -0.39 is 10.0 Å². The Balaban J connectivity index is 1.30. The van der Waals surface area contributed by atoms with Crippen LogP contribution < -0.4 is 5.32 Å². The summed E-state index contributed by atoms with van der Waals surface area (Å²) in [7, 11) is -3.53. The van der Waals surface area contributed by atoms with Gasteiger partial charge in [0.2, 0.25) is 5.91 Å². The van der Waals surface area contributed by atoms with Crippen LogP contribution in [0.1, 0.15) is 4.88 Å². The van der Waals surface area contributed by atoms with E-state index in [1.54, 1.807) is 12.1 Å². The molecule has 3 heterocycles. The van der Waals surface area contributed by atoms with Crippen molar-refractivity contribution in [2.45, 2.75) is 17.3 Å². The van der Waals surface area contributed by atoms with Crippen molar-refractivity contribution in [1.29, 1.82) is 0 Å². The first-order valence-electron chi connectivity index (χ1n) is 11.1. The van der Waals surface area contributed by atoms with Crippen molar-refractivity contribution in [2.24, 2.45) is 0 Å². The summed E-state index contributed by atoms with van der Waals surface area (Å²) >= 11 is 1.19. The van der Waals surface area contributed by atoms with E-state index in [0.717, 1.165) is 27.0 Å². The van der Waals surface area contributed by atoms with Crippen molar-refractivity contribution in [1.82, 2.24) is 14.2 Å². The monoisotopic (exact) mass is 495 g/mol. The Morgan fingerprint density at radius 1 is 0.971 bits per heavy atom. The number of sulfonamides is 1. The van der Waals surface area contributed by atoms with E-state index in [-0.39, 0.29) is 19.0 Å². The Morgan fingerprint density at radius 2 is 1.71 bits per heavy atom. The number of fused-ring (bicyclic) bond motifs is 1. The summed E-state index contributed by atoms with van der Waals surface area (Å²) in [6.45, 7) is 1.99. The van der Waals surface area contributed by atoms with Crippen molar-refractivity contribution in [3.8, 4) is 11.3 Å². The molecule has 0 bridgehead atoms. The molecule has 2 aromatic carbocycles. The Morgan fingerprint density at radius 3 is 2.50 bits per heavy atom. The van der Waals surface area contributed by atoms with Crippen LogP contribution in [0.4, 0.5) is 0 Å². The van der Waals surface area contributed by atoms with Crippen LogP contribution in [0.15, 0.2) is 77.0 Å². The van der Waals surface area contributed by atoms with Crippen LogP contribution in [-0.4, -0.2) is 49.5 Å². The van der Waals surface area contributed by atoms with Crippen molar-refractivity contribution in [3.63, 3.8) is 0 Å². The average Bonchev–Trinajstić information content (AvgIpc) is 3.50. The number of ether oxygens (including phenoxy) is 1. The van der Waals surface area contributed by atoms with Crippen LogP contribution in [0.3, 0.4) is 0 Å². The maximum atomic E-state index is 12.9. The molecule has 0 radical (unpaired) electrons. The summed E-state index contributed by atoms with van der Waals surface area (Å²) in [5.41, 5.74) is 3.01. The molecule has 2 aromatic heterocycles. The van der Waals surface area contributed by atoms with Gasteiger partial charge in [-0.05, 0) is 29.8 Å². The first-order chi connectivity index (χ1) is 16.5. The lowest BCUT2D eigenvalue weighted by atomic mass is 10.1. The standard InChI is InChI=1S/C25H25N3O4S2/c29-24(26-17-21-10-11-25(33-21)34(30,31)27-12-14-32-15-13-27)18-28-22-9-5-4-8-20(22)16-23(28)19-6-2-1-3-7-19/h1-11,16H,12-15,17-18H2,(H,26,29). The molecule has 5 rings (SSSR count). The molecule has 0 unspecified atom stereocenters. The molecule has 0 atom stereocenters. The van der Waals surface area contributed by atoms with Gasteiger partial charge in [0.25, 0.3) is 10.0 Å². The average molecular weight is 496 g/mol. The molecule has 1 N–H and O–H groups in total. The fraction of sp³-hybridized carbons (Fsp3) is 0.240. The number of carbonyl (C=O) groups is 1. The summed E-state index contributed by atoms with van der Waals surface area (Å²) in [6, 6.07) is 23.5. The van der Waals surface area contributed by atoms with Gasteiger partial charge in [-0.3, -0.25) is 4.79 Å². The highest BCUT2D eigenvalue weighted by Crippen LogP contribution is 2.28. The van der Waals surface area contributed by atoms with Crippen LogP contribution in [-0.2, 0) is 32.6 Å². The van der Waals surface area contributed by atoms with E-state index in [1.165, 1.54) is 15.6 Å². The van der Waals surface area contributed by atoms with Gasteiger partial charge in [0, 0.05) is 34.6 Å². The van der Waals surface area contributed by atoms with Gasteiger partial charge >= 0.3 is 0 Å². The molecule has 1 amide bonds. The van der Waals surface area contributed by atoms with Gasteiger partial charge in [-0.25, -0.2) is 8.42 Å². The van der Waals surface area contributed by atoms with Crippen molar-refractivity contribution < 1.29 is 17.9 Å². The SMILES string of the molecule is O=C(Cn1c(-c2ccccc2)cc2ccccc21)NCc1ccc(S(=O)(=O)N2CCOCC2)s1. The summed E-state index contributed by atoms with van der Waals surface area (Å²) in [4.78, 5) is 13.7. The topological polar surface area (TPSA) is 80.6 Å². The lowest BCUT2D eigenvalue weighted by molar-refractivity contribution is -0.121. The van der Waals surface area contributed by atoms with Gasteiger partial charge < -0.3 is 14.6 Å². The molecule has 1 aliphatic heterocycles. The Hall–Kier alpha value is -2.98. The highest BCUT2D eigenvalue weighted by molar-refractivity contribution is 7.91. The summed E-state index contributed by atoms with van der Waals surface area (Å²) in [6.07, 6.45) is 0. The third-order valence-electron chi connectivity index (χ3n) is 5.84. The lowest BCUT2D eigenvalue weighted by Crippen LogP contribution is -2.40. The molecule has 0 saturated carbocycles. The normalized spacial score (nSPS) is 14.9. The molecule has 34 heavy (non-hydrogen) atoms. The zero-order valence-corrected chi connectivity index (χ0v) is 20.1. The van der Waals surface area contributed by atoms with E-state index in [0.29, 0.717) is 30.5 Å². The van der Waals surface area contributed by atoms with Gasteiger partial charge in [-0.15, -0.1) is 11.3 Å². The van der Waals surface area contributed by atoms with E-state index in [4.69, 9.17) is 4.74 Å². The number of hydrogen-bond donors (Lipinski definition) is 1. The van der Waals surface area contributed by atoms with Crippen LogP contribution in [0, 0.1) is 0 Å². The quantitative estimate of drug-likeness (QED) is 0.424. The second kappa shape index (κ2) is 9.71. The van der Waals surface area contributed by atoms with Crippen LogP contribution >= 0.6 is 11.3 Å². The molecule has 7 nitrogen and oxygen atoms in total. The molecule has 1 aliphatic rings. The first kappa shape index (κ1) is 22.8. The van der Waals surface area contributed by atoms with Crippen LogP contribution in [0.2, 0.25) is 0 Å². The van der Waals surface area contributed by atoms with Gasteiger partial charge in [0.15, 0.2) is 0 Å². The Kier molecular flexibility index (Phi) is 6.51. The molecule has 0 spiro atoms. The smallest absolute Gasteiger partial charge is 0.252 e. The molecule has 1 saturated heterocycles. The second-order valence-electron chi connectivity index (χ2n) is 8.05. The predicted octanol–water partition coefficient (Wildman–Crippen LogP) is 3.71. The molecule has 0 aliphatic carbocycles. The summed E-state index contributed by atoms with van der Waals surface area (Å²) in [5.74, 6) is -0.135. The Labute approximate surface area is 202 Å². The number of benzene rings is 2. The third-order valence-corrected chi connectivity index (χ3v) is 9.29. The van der Waals surface area contributed by atoms with Crippen molar-refractivity contribution in [3.05, 3.63) is 77.7 Å². The molecule has 9 heteroatoms. The fourth-order valence-corrected chi connectivity index (χ4v) is 6.98. The van der Waals surface area contributed by atoms with Gasteiger partial charge in [-0.1, -0.05) is 48.5 Å². The predicted molar refractivity (Wildman–Crippen MR) is 133 cm³/mol. The maximum absolute atomic E-state index is 12.9. The van der Waals surface area contributed by atoms with Gasteiger partial charge in [0.05, 0.1) is 19.8 Å². The number of aromatic nitrogens is 1. The van der Waals surface area contributed by atoms with Gasteiger partial charge in [-0.2, -0.15) is 4.31 Å². The Bertz CT molecular complexity index is 1400. The highest BCUT2D eigenvalue weighted by atomic mass is 32.2. The minimum atomic E-state index is -3.53. The van der Waals surface area contributed by atoms with E-state index in [1.807, 2.05) is 59.2 Å². The summed E-state index contributed by atoms with van der Waals surface area (Å²) < 4.78 is 34.7. The minimum Gasteiger partial charge on any atom is -0.379 e. The van der Waals surface area contributed by atoms with Crippen molar-refractivity contribution in [2.75, 3.05) is 26.3 Å². The third kappa shape index (κ3) is 4.65. The van der Waals surface area contributed by atoms with Crippen molar-refractivity contribution >= 4 is 38.2 Å². The molecule has 1 fully saturated rings. The molecular formula is C25H25N3O4S2. The number of rotatable bonds is 7.